The highest BCUT2D eigenvalue weighted by Gasteiger charge is 2.24. The summed E-state index contributed by atoms with van der Waals surface area (Å²) < 4.78 is 19.9. The Hall–Kier alpha value is -2.07. The molecule has 3 rings (SSSR count). The Morgan fingerprint density at radius 1 is 1.29 bits per heavy atom. The summed E-state index contributed by atoms with van der Waals surface area (Å²) >= 11 is 0. The highest BCUT2D eigenvalue weighted by molar-refractivity contribution is 5.82. The fraction of sp³-hybridized carbons (Fsp3) is 0.294. The largest absolute Gasteiger partial charge is 0.484 e. The molecule has 110 valence electrons. The van der Waals surface area contributed by atoms with E-state index in [2.05, 4.69) is 5.32 Å². The number of fused-ring (bicyclic) bond motifs is 1. The summed E-state index contributed by atoms with van der Waals surface area (Å²) in [5.74, 6) is 0.421. The lowest BCUT2D eigenvalue weighted by atomic mass is 9.94. The minimum absolute atomic E-state index is 0.0916. The zero-order valence-electron chi connectivity index (χ0n) is 12.2. The van der Waals surface area contributed by atoms with Crippen LogP contribution in [0.25, 0.3) is 11.1 Å². The third-order valence-corrected chi connectivity index (χ3v) is 3.87. The van der Waals surface area contributed by atoms with Gasteiger partial charge >= 0.3 is 0 Å². The first-order valence-electron chi connectivity index (χ1n) is 7.11. The van der Waals surface area contributed by atoms with Crippen LogP contribution < -0.4 is 15.8 Å². The Labute approximate surface area is 123 Å². The molecule has 0 unspecified atom stereocenters. The van der Waals surface area contributed by atoms with Gasteiger partial charge in [-0.3, -0.25) is 0 Å². The van der Waals surface area contributed by atoms with Crippen molar-refractivity contribution >= 4 is 5.69 Å². The molecule has 0 bridgehead atoms. The number of hydrogen-bond acceptors (Lipinski definition) is 3. The molecule has 2 aromatic carbocycles. The molecular formula is C17H19FN2O. The Morgan fingerprint density at radius 2 is 2.00 bits per heavy atom. The SMILES string of the molecule is Cc1cccc(C)c1-c1cc(F)cc2c1O[C@@H](CN)CN2. The van der Waals surface area contributed by atoms with Crippen LogP contribution in [-0.4, -0.2) is 19.2 Å². The second-order valence-electron chi connectivity index (χ2n) is 5.45. The topological polar surface area (TPSA) is 47.3 Å². The fourth-order valence-corrected chi connectivity index (χ4v) is 2.84. The van der Waals surface area contributed by atoms with Crippen molar-refractivity contribution in [3.05, 3.63) is 47.3 Å². The number of anilines is 1. The lowest BCUT2D eigenvalue weighted by Crippen LogP contribution is -2.37. The summed E-state index contributed by atoms with van der Waals surface area (Å²) in [6.45, 7) is 5.07. The van der Waals surface area contributed by atoms with Gasteiger partial charge in [-0.15, -0.1) is 0 Å². The minimum atomic E-state index is -0.270. The van der Waals surface area contributed by atoms with Crippen molar-refractivity contribution in [2.75, 3.05) is 18.4 Å². The third kappa shape index (κ3) is 2.47. The van der Waals surface area contributed by atoms with Gasteiger partial charge in [0, 0.05) is 18.2 Å². The number of benzene rings is 2. The highest BCUT2D eigenvalue weighted by atomic mass is 19.1. The van der Waals surface area contributed by atoms with Gasteiger partial charge in [-0.25, -0.2) is 4.39 Å². The first-order valence-corrected chi connectivity index (χ1v) is 7.11. The van der Waals surface area contributed by atoms with Gasteiger partial charge in [0.1, 0.15) is 11.9 Å². The van der Waals surface area contributed by atoms with Crippen molar-refractivity contribution < 1.29 is 9.13 Å². The molecule has 21 heavy (non-hydrogen) atoms. The quantitative estimate of drug-likeness (QED) is 0.891. The van der Waals surface area contributed by atoms with E-state index >= 15 is 0 Å². The van der Waals surface area contributed by atoms with Crippen molar-refractivity contribution in [2.45, 2.75) is 20.0 Å². The molecule has 0 fully saturated rings. The predicted molar refractivity (Wildman–Crippen MR) is 83.3 cm³/mol. The first-order chi connectivity index (χ1) is 10.1. The number of aryl methyl sites for hydroxylation is 2. The molecule has 4 heteroatoms. The van der Waals surface area contributed by atoms with Crippen LogP contribution in [0.15, 0.2) is 30.3 Å². The van der Waals surface area contributed by atoms with Crippen molar-refractivity contribution in [3.8, 4) is 16.9 Å². The standard InChI is InChI=1S/C17H19FN2O/c1-10-4-3-5-11(2)16(10)14-6-12(18)7-15-17(14)21-13(8-19)9-20-15/h3-7,13,20H,8-9,19H2,1-2H3/t13-/m0/s1. The van der Waals surface area contributed by atoms with E-state index in [1.165, 1.54) is 12.1 Å². The van der Waals surface area contributed by atoms with E-state index in [1.54, 1.807) is 0 Å². The van der Waals surface area contributed by atoms with Crippen LogP contribution in [0.2, 0.25) is 0 Å². The Balaban J connectivity index is 2.21. The van der Waals surface area contributed by atoms with Crippen LogP contribution in [0.5, 0.6) is 5.75 Å². The van der Waals surface area contributed by atoms with E-state index in [0.29, 0.717) is 24.5 Å². The molecule has 0 spiro atoms. The summed E-state index contributed by atoms with van der Waals surface area (Å²) in [6.07, 6.45) is -0.0916. The van der Waals surface area contributed by atoms with Gasteiger partial charge < -0.3 is 15.8 Å². The van der Waals surface area contributed by atoms with Gasteiger partial charge in [0.15, 0.2) is 5.75 Å². The number of halogens is 1. The number of ether oxygens (including phenoxy) is 1. The lowest BCUT2D eigenvalue weighted by molar-refractivity contribution is 0.215. The lowest BCUT2D eigenvalue weighted by Gasteiger charge is -2.29. The smallest absolute Gasteiger partial charge is 0.151 e. The zero-order chi connectivity index (χ0) is 15.0. The normalized spacial score (nSPS) is 16.9. The van der Waals surface area contributed by atoms with Crippen molar-refractivity contribution in [3.63, 3.8) is 0 Å². The van der Waals surface area contributed by atoms with E-state index in [-0.39, 0.29) is 11.9 Å². The van der Waals surface area contributed by atoms with Gasteiger partial charge in [0.05, 0.1) is 12.2 Å². The van der Waals surface area contributed by atoms with Crippen LogP contribution in [0.1, 0.15) is 11.1 Å². The average Bonchev–Trinajstić information content (AvgIpc) is 2.46. The summed E-state index contributed by atoms with van der Waals surface area (Å²) in [6, 6.07) is 9.06. The van der Waals surface area contributed by atoms with Crippen LogP contribution in [0, 0.1) is 19.7 Å². The number of rotatable bonds is 2. The maximum atomic E-state index is 14.0. The van der Waals surface area contributed by atoms with Gasteiger partial charge in [0.2, 0.25) is 0 Å². The second-order valence-corrected chi connectivity index (χ2v) is 5.45. The number of nitrogens with two attached hydrogens (primary N) is 1. The summed E-state index contributed by atoms with van der Waals surface area (Å²) in [7, 11) is 0. The fourth-order valence-electron chi connectivity index (χ4n) is 2.84. The molecule has 0 radical (unpaired) electrons. The molecule has 0 saturated heterocycles. The van der Waals surface area contributed by atoms with Gasteiger partial charge in [-0.05, 0) is 36.6 Å². The maximum Gasteiger partial charge on any atom is 0.151 e. The molecule has 0 aromatic heterocycles. The molecule has 1 aliphatic rings. The minimum Gasteiger partial charge on any atom is -0.484 e. The Morgan fingerprint density at radius 3 is 2.67 bits per heavy atom. The van der Waals surface area contributed by atoms with E-state index < -0.39 is 0 Å². The summed E-state index contributed by atoms with van der Waals surface area (Å²) in [5, 5.41) is 3.21. The van der Waals surface area contributed by atoms with E-state index in [4.69, 9.17) is 10.5 Å². The van der Waals surface area contributed by atoms with Crippen molar-refractivity contribution in [2.24, 2.45) is 5.73 Å². The van der Waals surface area contributed by atoms with Crippen LogP contribution in [0.3, 0.4) is 0 Å². The Bertz CT molecular complexity index is 664. The van der Waals surface area contributed by atoms with Gasteiger partial charge in [-0.1, -0.05) is 18.2 Å². The van der Waals surface area contributed by atoms with E-state index in [1.807, 2.05) is 32.0 Å². The molecule has 3 N–H and O–H groups in total. The van der Waals surface area contributed by atoms with E-state index in [0.717, 1.165) is 22.3 Å². The van der Waals surface area contributed by atoms with Gasteiger partial charge in [0.25, 0.3) is 0 Å². The maximum absolute atomic E-state index is 14.0. The van der Waals surface area contributed by atoms with Crippen LogP contribution >= 0.6 is 0 Å². The molecular weight excluding hydrogens is 267 g/mol. The molecule has 0 amide bonds. The predicted octanol–water partition coefficient (Wildman–Crippen LogP) is 3.24. The van der Waals surface area contributed by atoms with Crippen LogP contribution in [0.4, 0.5) is 10.1 Å². The Kier molecular flexibility index (Phi) is 3.55. The van der Waals surface area contributed by atoms with E-state index in [9.17, 15) is 4.39 Å². The average molecular weight is 286 g/mol. The first kappa shape index (κ1) is 13.9. The number of hydrogen-bond donors (Lipinski definition) is 2. The van der Waals surface area contributed by atoms with Crippen LogP contribution in [-0.2, 0) is 0 Å². The summed E-state index contributed by atoms with van der Waals surface area (Å²) in [5.41, 5.74) is 10.4. The van der Waals surface area contributed by atoms with Crippen molar-refractivity contribution in [1.82, 2.24) is 0 Å². The van der Waals surface area contributed by atoms with Crippen molar-refractivity contribution in [1.29, 1.82) is 0 Å². The molecule has 3 nitrogen and oxygen atoms in total. The summed E-state index contributed by atoms with van der Waals surface area (Å²) in [4.78, 5) is 0. The molecule has 1 atom stereocenters. The molecule has 0 saturated carbocycles. The third-order valence-electron chi connectivity index (χ3n) is 3.87. The molecule has 1 heterocycles. The number of nitrogens with one attached hydrogen (secondary N) is 1. The monoisotopic (exact) mass is 286 g/mol. The second kappa shape index (κ2) is 5.37. The molecule has 0 aliphatic carbocycles. The molecule has 1 aliphatic heterocycles. The highest BCUT2D eigenvalue weighted by Crippen LogP contribution is 2.42. The molecule has 2 aromatic rings. The zero-order valence-corrected chi connectivity index (χ0v) is 12.2. The van der Waals surface area contributed by atoms with Gasteiger partial charge in [-0.2, -0.15) is 0 Å².